The lowest BCUT2D eigenvalue weighted by Crippen LogP contribution is -2.22. The summed E-state index contributed by atoms with van der Waals surface area (Å²) < 4.78 is 98.5. The molecule has 472 valence electrons. The molecule has 0 aliphatic carbocycles. The molecule has 0 spiro atoms. The van der Waals surface area contributed by atoms with Gasteiger partial charge in [-0.2, -0.15) is 0 Å². The van der Waals surface area contributed by atoms with E-state index in [0.29, 0.717) is 44.6 Å². The summed E-state index contributed by atoms with van der Waals surface area (Å²) in [5.41, 5.74) is 4.99. The molecule has 0 saturated heterocycles. The van der Waals surface area contributed by atoms with E-state index in [9.17, 15) is 55.4 Å². The minimum atomic E-state index is -4.04. The number of hydrogen-bond acceptors (Lipinski definition) is 15. The molecule has 0 aliphatic heterocycles. The number of H-pyrrole nitrogens is 1. The lowest BCUT2D eigenvalue weighted by Gasteiger charge is -2.13. The monoisotopic (exact) mass is 1340 g/mol. The van der Waals surface area contributed by atoms with Crippen LogP contribution in [-0.2, 0) is 14.8 Å². The Bertz CT molecular complexity index is 4790. The lowest BCUT2D eigenvalue weighted by atomic mass is 9.99. The van der Waals surface area contributed by atoms with Crippen LogP contribution < -0.4 is 9.47 Å². The van der Waals surface area contributed by atoms with E-state index < -0.39 is 91.2 Å². The summed E-state index contributed by atoms with van der Waals surface area (Å²) in [5, 5.41) is 55.9. The number of hydrogen-bond donors (Lipinski definition) is 7. The molecule has 0 atom stereocenters. The number of fused-ring (bicyclic) bond motifs is 2. The fraction of sp³-hybridized carbons (Fsp3) is 0.0909. The third-order valence-electron chi connectivity index (χ3n) is 13.8. The Morgan fingerprint density at radius 1 is 0.554 bits per heavy atom. The average Bonchev–Trinajstić information content (AvgIpc) is 1.58. The average molecular weight is 1340 g/mol. The number of aromatic carboxylic acids is 2. The normalized spacial score (nSPS) is 10.9. The van der Waals surface area contributed by atoms with Crippen LogP contribution in [0.15, 0.2) is 174 Å². The molecule has 4 aromatic heterocycles. The lowest BCUT2D eigenvalue weighted by molar-refractivity contribution is 0.0594. The number of ether oxygens (including phenoxy) is 3. The standard InChI is InChI=1S/C29H23FN2O6S.C23H20FN3O3.C7H4BrFO3.C7H5FO3/c1-17-8-10-20(11-9-17)39(35,36)32-16-24(21-6-4-5-7-26(21)37-2)22-13-19(15-31-28(22)32)18-12-23(29(34)38-3)27(33)25(30)14-18;1-27(2)23(29)17-8-13(10-19(24)21(17)28)14-9-16-18(12-26-22(16)25-11-14)15-6-4-5-7-20(15)30-3;8-3-1-4(7(11)12)6(10)5(9)2-3;8-5-3-1-2-4(6(5)9)7(10)11/h4-16,33H,1-3H3;4-12,28H,1-3H3,(H,25,26);1-2,10H,(H,11,12);1-3,9H,(H,10,11). The van der Waals surface area contributed by atoms with Gasteiger partial charge in [0, 0.05) is 87.5 Å². The van der Waals surface area contributed by atoms with Crippen molar-refractivity contribution >= 4 is 71.8 Å². The Balaban J connectivity index is 0.000000179. The smallest absolute Gasteiger partial charge is 0.341 e. The van der Waals surface area contributed by atoms with Crippen molar-refractivity contribution in [1.82, 2.24) is 23.8 Å². The Morgan fingerprint density at radius 2 is 1.07 bits per heavy atom. The number of carboxylic acid groups (broad SMARTS) is 2. The van der Waals surface area contributed by atoms with Gasteiger partial charge in [-0.1, -0.05) is 76.1 Å². The van der Waals surface area contributed by atoms with Crippen LogP contribution in [0.25, 0.3) is 66.6 Å². The fourth-order valence-electron chi connectivity index (χ4n) is 9.20. The number of carboxylic acids is 2. The quantitative estimate of drug-likeness (QED) is 0.0442. The minimum absolute atomic E-state index is 0.0887. The van der Waals surface area contributed by atoms with E-state index in [4.69, 9.17) is 29.9 Å². The van der Waals surface area contributed by atoms with Crippen molar-refractivity contribution in [3.8, 4) is 79.0 Å². The van der Waals surface area contributed by atoms with E-state index in [1.165, 1.54) is 60.8 Å². The SMILES string of the molecule is COC(=O)c1cc(-c2cnc3c(c2)c(-c2ccccc2OC)cn3S(=O)(=O)c2ccc(C)cc2)cc(F)c1O.COc1ccccc1-c1c[nH]c2ncc(-c3cc(F)c(O)c(C(=O)N(C)C)c3)cc12.O=C(O)c1cc(Br)cc(F)c1O.O=C(O)c1cccc(F)c1O. The number of nitrogens with zero attached hydrogens (tertiary/aromatic N) is 4. The van der Waals surface area contributed by atoms with Gasteiger partial charge < -0.3 is 54.7 Å². The van der Waals surface area contributed by atoms with E-state index in [0.717, 1.165) is 69.2 Å². The molecule has 7 N–H and O–H groups in total. The molecule has 0 radical (unpaired) electrons. The van der Waals surface area contributed by atoms with Gasteiger partial charge in [0.25, 0.3) is 15.9 Å². The number of carbonyl (C=O) groups excluding carboxylic acids is 2. The number of esters is 1. The van der Waals surface area contributed by atoms with Gasteiger partial charge in [-0.3, -0.25) is 4.79 Å². The number of para-hydroxylation sites is 3. The number of benzene rings is 7. The molecule has 7 aromatic carbocycles. The zero-order valence-corrected chi connectivity index (χ0v) is 51.4. The first-order valence-electron chi connectivity index (χ1n) is 26.8. The van der Waals surface area contributed by atoms with Crippen molar-refractivity contribution in [2.75, 3.05) is 35.4 Å². The van der Waals surface area contributed by atoms with E-state index >= 15 is 0 Å². The molecule has 92 heavy (non-hydrogen) atoms. The van der Waals surface area contributed by atoms with Gasteiger partial charge in [0.1, 0.15) is 33.8 Å². The van der Waals surface area contributed by atoms with Crippen molar-refractivity contribution in [1.29, 1.82) is 0 Å². The second-order valence-electron chi connectivity index (χ2n) is 19.9. The largest absolute Gasteiger partial charge is 0.504 e. The molecule has 0 saturated carbocycles. The molecular weight excluding hydrogens is 1290 g/mol. The number of rotatable bonds is 12. The number of phenols is 4. The Morgan fingerprint density at radius 3 is 1.62 bits per heavy atom. The van der Waals surface area contributed by atoms with Gasteiger partial charge in [-0.25, -0.2) is 54.3 Å². The summed E-state index contributed by atoms with van der Waals surface area (Å²) in [5.74, 6) is -9.79. The number of amides is 1. The second-order valence-corrected chi connectivity index (χ2v) is 22.6. The van der Waals surface area contributed by atoms with Crippen LogP contribution in [-0.4, -0.2) is 122 Å². The molecule has 11 aromatic rings. The highest BCUT2D eigenvalue weighted by Crippen LogP contribution is 2.41. The molecule has 4 heterocycles. The predicted octanol–water partition coefficient (Wildman–Crippen LogP) is 13.2. The van der Waals surface area contributed by atoms with E-state index in [1.807, 2.05) is 43.5 Å². The van der Waals surface area contributed by atoms with Crippen molar-refractivity contribution in [2.45, 2.75) is 11.8 Å². The van der Waals surface area contributed by atoms with Crippen LogP contribution in [0.3, 0.4) is 0 Å². The highest BCUT2D eigenvalue weighted by Gasteiger charge is 2.27. The summed E-state index contributed by atoms with van der Waals surface area (Å²) in [7, 11) is 3.29. The Labute approximate surface area is 529 Å². The highest BCUT2D eigenvalue weighted by molar-refractivity contribution is 9.10. The van der Waals surface area contributed by atoms with Gasteiger partial charge in [-0.15, -0.1) is 0 Å². The number of pyridine rings is 2. The molecule has 26 heteroatoms. The minimum Gasteiger partial charge on any atom is -0.504 e. The number of carbonyl (C=O) groups is 4. The third kappa shape index (κ3) is 14.1. The van der Waals surface area contributed by atoms with Crippen molar-refractivity contribution in [3.63, 3.8) is 0 Å². The van der Waals surface area contributed by atoms with Crippen molar-refractivity contribution in [2.24, 2.45) is 0 Å². The maximum absolute atomic E-state index is 14.6. The van der Waals surface area contributed by atoms with Gasteiger partial charge in [0.05, 0.1) is 31.8 Å². The van der Waals surface area contributed by atoms with Gasteiger partial charge in [0.2, 0.25) is 0 Å². The molecular formula is C66H52BrF4N5O15S. The summed E-state index contributed by atoms with van der Waals surface area (Å²) in [6, 6.07) is 35.2. The number of methoxy groups -OCH3 is 3. The number of aromatic hydroxyl groups is 4. The van der Waals surface area contributed by atoms with E-state index in [2.05, 4.69) is 35.6 Å². The molecule has 20 nitrogen and oxygen atoms in total. The zero-order chi connectivity index (χ0) is 67.0. The van der Waals surface area contributed by atoms with Gasteiger partial charge >= 0.3 is 17.9 Å². The highest BCUT2D eigenvalue weighted by atomic mass is 79.9. The zero-order valence-electron chi connectivity index (χ0n) is 49.0. The second kappa shape index (κ2) is 28.1. The summed E-state index contributed by atoms with van der Waals surface area (Å²) in [4.78, 5) is 58.5. The molecule has 0 unspecified atom stereocenters. The Hall–Kier alpha value is -11.3. The number of halogens is 5. The summed E-state index contributed by atoms with van der Waals surface area (Å²) in [6.45, 7) is 1.86. The molecule has 0 bridgehead atoms. The first kappa shape index (κ1) is 66.7. The number of aryl methyl sites for hydroxylation is 1. The van der Waals surface area contributed by atoms with Crippen LogP contribution in [0.4, 0.5) is 17.6 Å². The van der Waals surface area contributed by atoms with Gasteiger partial charge in [-0.05, 0) is 103 Å². The number of nitrogens with one attached hydrogen (secondary N) is 1. The predicted molar refractivity (Wildman–Crippen MR) is 335 cm³/mol. The summed E-state index contributed by atoms with van der Waals surface area (Å²) >= 11 is 2.90. The molecule has 0 aliphatic rings. The topological polar surface area (TPSA) is 301 Å². The first-order valence-corrected chi connectivity index (χ1v) is 29.0. The van der Waals surface area contributed by atoms with Crippen LogP contribution in [0.1, 0.15) is 47.0 Å². The van der Waals surface area contributed by atoms with E-state index in [1.54, 1.807) is 69.9 Å². The molecule has 1 amide bonds. The van der Waals surface area contributed by atoms with Crippen molar-refractivity contribution < 1.29 is 90.0 Å². The maximum atomic E-state index is 14.6. The van der Waals surface area contributed by atoms with Crippen LogP contribution in [0, 0.1) is 30.2 Å². The molecule has 0 fully saturated rings. The van der Waals surface area contributed by atoms with Crippen molar-refractivity contribution in [3.05, 3.63) is 220 Å². The number of aromatic nitrogens is 4. The van der Waals surface area contributed by atoms with Crippen LogP contribution in [0.2, 0.25) is 0 Å². The van der Waals surface area contributed by atoms with Crippen LogP contribution >= 0.6 is 15.9 Å². The number of phenolic OH excluding ortho intramolecular Hbond substituents is 2. The Kier molecular flexibility index (Phi) is 20.3. The number of aromatic amines is 1. The molecule has 11 rings (SSSR count). The van der Waals surface area contributed by atoms with Crippen LogP contribution in [0.5, 0.6) is 34.5 Å². The maximum Gasteiger partial charge on any atom is 0.341 e. The van der Waals surface area contributed by atoms with E-state index in [-0.39, 0.29) is 31.7 Å². The first-order chi connectivity index (χ1) is 43.7. The summed E-state index contributed by atoms with van der Waals surface area (Å²) in [6.07, 6.45) is 6.30. The fourth-order valence-corrected chi connectivity index (χ4v) is 10.9. The third-order valence-corrected chi connectivity index (χ3v) is 15.9. The van der Waals surface area contributed by atoms with Gasteiger partial charge in [0.15, 0.2) is 51.9 Å².